The zero-order valence-electron chi connectivity index (χ0n) is 9.06. The van der Waals surface area contributed by atoms with Gasteiger partial charge in [-0.2, -0.15) is 0 Å². The molecule has 0 radical (unpaired) electrons. The van der Waals surface area contributed by atoms with E-state index in [1.54, 1.807) is 20.8 Å². The molecule has 0 amide bonds. The molecule has 0 heterocycles. The third-order valence-corrected chi connectivity index (χ3v) is 3.69. The first-order valence-corrected chi connectivity index (χ1v) is 6.69. The third kappa shape index (κ3) is 4.07. The van der Waals surface area contributed by atoms with Crippen molar-refractivity contribution in [3.8, 4) is 0 Å². The Morgan fingerprint density at radius 1 is 1.14 bits per heavy atom. The fraction of sp³-hybridized carbons (Fsp3) is 1.00. The summed E-state index contributed by atoms with van der Waals surface area (Å²) in [7, 11) is -3.01. The van der Waals surface area contributed by atoms with Gasteiger partial charge >= 0.3 is 0 Å². The Bertz CT molecular complexity index is 182. The van der Waals surface area contributed by atoms with Gasteiger partial charge in [-0.05, 0) is 20.8 Å². The van der Waals surface area contributed by atoms with Crippen LogP contribution in [0.15, 0.2) is 0 Å². The summed E-state index contributed by atoms with van der Waals surface area (Å²) in [6.45, 7) is 6.55. The summed E-state index contributed by atoms with van der Waals surface area (Å²) in [5, 5.41) is 0. The Balaban J connectivity index is 4.46. The van der Waals surface area contributed by atoms with Gasteiger partial charge in [0.05, 0.1) is 12.9 Å². The zero-order chi connectivity index (χ0) is 11.0. The highest BCUT2D eigenvalue weighted by atomic mass is 31.2. The second-order valence-corrected chi connectivity index (χ2v) is 5.04. The maximum Gasteiger partial charge on any atom is 0.270 e. The van der Waals surface area contributed by atoms with E-state index in [9.17, 15) is 4.57 Å². The molecule has 0 bridgehead atoms. The predicted octanol–water partition coefficient (Wildman–Crippen LogP) is 1.57. The van der Waals surface area contributed by atoms with Crippen molar-refractivity contribution in [2.75, 3.05) is 26.1 Å². The molecule has 0 aromatic carbocycles. The topological polar surface area (TPSA) is 70.8 Å². The number of ether oxygens (including phenoxy) is 2. The van der Waals surface area contributed by atoms with E-state index >= 15 is 0 Å². The number of nitrogens with two attached hydrogens (primary N) is 1. The lowest BCUT2D eigenvalue weighted by molar-refractivity contribution is -0.0888. The van der Waals surface area contributed by atoms with Gasteiger partial charge in [-0.25, -0.2) is 0 Å². The molecule has 5 nitrogen and oxygen atoms in total. The highest BCUT2D eigenvalue weighted by Gasteiger charge is 2.34. The Kier molecular flexibility index (Phi) is 7.41. The highest BCUT2D eigenvalue weighted by Crippen LogP contribution is 2.51. The van der Waals surface area contributed by atoms with Gasteiger partial charge in [-0.3, -0.25) is 4.57 Å². The predicted molar refractivity (Wildman–Crippen MR) is 55.3 cm³/mol. The van der Waals surface area contributed by atoms with Crippen molar-refractivity contribution in [1.29, 1.82) is 0 Å². The average molecular weight is 225 g/mol. The number of hydrogen-bond acceptors (Lipinski definition) is 5. The summed E-state index contributed by atoms with van der Waals surface area (Å²) in [5.74, 6) is 0. The van der Waals surface area contributed by atoms with Crippen molar-refractivity contribution in [1.82, 2.24) is 0 Å². The van der Waals surface area contributed by atoms with Crippen molar-refractivity contribution in [2.45, 2.75) is 26.8 Å². The molecule has 6 heteroatoms. The van der Waals surface area contributed by atoms with E-state index in [-0.39, 0.29) is 6.29 Å². The van der Waals surface area contributed by atoms with E-state index in [0.717, 1.165) is 0 Å². The molecule has 1 unspecified atom stereocenters. The second-order valence-electron chi connectivity index (χ2n) is 2.54. The monoisotopic (exact) mass is 225 g/mol. The van der Waals surface area contributed by atoms with Gasteiger partial charge in [0.25, 0.3) is 7.37 Å². The molecule has 86 valence electrons. The Morgan fingerprint density at radius 3 is 1.93 bits per heavy atom. The average Bonchev–Trinajstić information content (AvgIpc) is 2.18. The van der Waals surface area contributed by atoms with E-state index in [0.29, 0.717) is 19.8 Å². The highest BCUT2D eigenvalue weighted by molar-refractivity contribution is 7.59. The lowest BCUT2D eigenvalue weighted by atomic mass is 10.9. The minimum Gasteiger partial charge on any atom is -0.345 e. The van der Waals surface area contributed by atoms with Crippen LogP contribution in [-0.4, -0.2) is 32.1 Å². The summed E-state index contributed by atoms with van der Waals surface area (Å²) in [4.78, 5) is 0. The van der Waals surface area contributed by atoms with E-state index in [1.807, 2.05) is 0 Å². The van der Waals surface area contributed by atoms with Crippen LogP contribution >= 0.6 is 7.37 Å². The van der Waals surface area contributed by atoms with Gasteiger partial charge in [0.2, 0.25) is 6.03 Å². The molecule has 0 aliphatic carbocycles. The SMILES string of the molecule is CCOC(OCC)P(=O)(CN)OCC. The van der Waals surface area contributed by atoms with Crippen molar-refractivity contribution in [3.05, 3.63) is 0 Å². The summed E-state index contributed by atoms with van der Waals surface area (Å²) in [6, 6.07) is -0.831. The molecule has 0 aromatic rings. The Morgan fingerprint density at radius 2 is 1.64 bits per heavy atom. The molecule has 1 atom stereocenters. The largest absolute Gasteiger partial charge is 0.345 e. The van der Waals surface area contributed by atoms with Crippen molar-refractivity contribution < 1.29 is 18.6 Å². The van der Waals surface area contributed by atoms with E-state index < -0.39 is 13.4 Å². The van der Waals surface area contributed by atoms with Gasteiger partial charge in [-0.15, -0.1) is 0 Å². The van der Waals surface area contributed by atoms with Crippen molar-refractivity contribution in [2.24, 2.45) is 5.73 Å². The van der Waals surface area contributed by atoms with Crippen molar-refractivity contribution >= 4 is 7.37 Å². The standard InChI is InChI=1S/C8H20NO4P/c1-4-11-8(12-5-2)14(10,7-9)13-6-3/h8H,4-7,9H2,1-3H3. The van der Waals surface area contributed by atoms with Crippen LogP contribution in [0.2, 0.25) is 0 Å². The molecule has 0 rings (SSSR count). The van der Waals surface area contributed by atoms with Crippen LogP contribution in [0.4, 0.5) is 0 Å². The van der Waals surface area contributed by atoms with Crippen LogP contribution in [0.25, 0.3) is 0 Å². The Labute approximate surface area is 85.4 Å². The van der Waals surface area contributed by atoms with Gasteiger partial charge < -0.3 is 19.7 Å². The molecule has 0 saturated carbocycles. The fourth-order valence-electron chi connectivity index (χ4n) is 0.979. The third-order valence-electron chi connectivity index (χ3n) is 1.54. The van der Waals surface area contributed by atoms with Crippen LogP contribution in [0.5, 0.6) is 0 Å². The molecule has 14 heavy (non-hydrogen) atoms. The van der Waals surface area contributed by atoms with Crippen LogP contribution in [-0.2, 0) is 18.6 Å². The minimum absolute atomic E-state index is 0.0640. The molecule has 0 spiro atoms. The van der Waals surface area contributed by atoms with Crippen LogP contribution in [0, 0.1) is 0 Å². The molecular weight excluding hydrogens is 205 g/mol. The lowest BCUT2D eigenvalue weighted by Gasteiger charge is -2.25. The van der Waals surface area contributed by atoms with E-state index in [1.165, 1.54) is 0 Å². The summed E-state index contributed by atoms with van der Waals surface area (Å²) < 4.78 is 27.6. The minimum atomic E-state index is -3.01. The Hall–Kier alpha value is 0.0700. The van der Waals surface area contributed by atoms with Crippen LogP contribution in [0.3, 0.4) is 0 Å². The molecule has 0 aliphatic heterocycles. The lowest BCUT2D eigenvalue weighted by Crippen LogP contribution is -2.23. The smallest absolute Gasteiger partial charge is 0.270 e. The van der Waals surface area contributed by atoms with Crippen LogP contribution < -0.4 is 5.73 Å². The van der Waals surface area contributed by atoms with Gasteiger partial charge in [0.15, 0.2) is 0 Å². The second kappa shape index (κ2) is 7.37. The molecule has 0 aromatic heterocycles. The first-order valence-electron chi connectivity index (χ1n) is 4.81. The normalized spacial score (nSPS) is 15.8. The number of hydrogen-bond donors (Lipinski definition) is 1. The maximum atomic E-state index is 12.1. The fourth-order valence-corrected chi connectivity index (χ4v) is 2.57. The molecular formula is C8H20NO4P. The van der Waals surface area contributed by atoms with Crippen molar-refractivity contribution in [3.63, 3.8) is 0 Å². The summed E-state index contributed by atoms with van der Waals surface area (Å²) in [5.41, 5.74) is 5.41. The first kappa shape index (κ1) is 14.1. The van der Waals surface area contributed by atoms with Gasteiger partial charge in [-0.1, -0.05) is 0 Å². The summed E-state index contributed by atoms with van der Waals surface area (Å²) in [6.07, 6.45) is -0.0640. The first-order chi connectivity index (χ1) is 6.64. The zero-order valence-corrected chi connectivity index (χ0v) is 9.96. The number of rotatable bonds is 8. The molecule has 0 saturated heterocycles. The van der Waals surface area contributed by atoms with E-state index in [2.05, 4.69) is 0 Å². The molecule has 0 fully saturated rings. The van der Waals surface area contributed by atoms with Crippen LogP contribution in [0.1, 0.15) is 20.8 Å². The van der Waals surface area contributed by atoms with Gasteiger partial charge in [0.1, 0.15) is 0 Å². The maximum absolute atomic E-state index is 12.1. The quantitative estimate of drug-likeness (QED) is 0.501. The summed E-state index contributed by atoms with van der Waals surface area (Å²) >= 11 is 0. The molecule has 0 aliphatic rings. The van der Waals surface area contributed by atoms with Gasteiger partial charge in [0, 0.05) is 13.2 Å². The molecule has 2 N–H and O–H groups in total. The van der Waals surface area contributed by atoms with E-state index in [4.69, 9.17) is 19.7 Å².